The number of benzene rings is 1. The molecule has 0 amide bonds. The molecule has 1 unspecified atom stereocenters. The van der Waals surface area contributed by atoms with Crippen LogP contribution in [0, 0.1) is 0 Å². The Morgan fingerprint density at radius 2 is 1.92 bits per heavy atom. The zero-order chi connectivity index (χ0) is 27.6. The van der Waals surface area contributed by atoms with Gasteiger partial charge in [0, 0.05) is 12.3 Å². The second-order valence-electron chi connectivity index (χ2n) is 8.91. The van der Waals surface area contributed by atoms with Gasteiger partial charge in [0.05, 0.1) is 6.10 Å². The van der Waals surface area contributed by atoms with E-state index in [9.17, 15) is 29.2 Å². The SMILES string of the molecule is CC(C)OC(=O)[C@H](C)NP(=O)(OC[C@@]1(F)O[C@@H](n2ccc(=O)[nH]c2=O)[C@](C)(O)[C@@H]1O)Oc1ccccc1. The van der Waals surface area contributed by atoms with Gasteiger partial charge in [-0.05, 0) is 39.8 Å². The van der Waals surface area contributed by atoms with E-state index in [0.29, 0.717) is 4.57 Å². The Labute approximate surface area is 210 Å². The van der Waals surface area contributed by atoms with Crippen LogP contribution >= 0.6 is 7.75 Å². The van der Waals surface area contributed by atoms with Crippen molar-refractivity contribution in [3.63, 3.8) is 0 Å². The van der Waals surface area contributed by atoms with Crippen molar-refractivity contribution in [3.05, 3.63) is 63.4 Å². The van der Waals surface area contributed by atoms with Crippen LogP contribution in [0.2, 0.25) is 0 Å². The number of carbonyl (C=O) groups excluding carboxylic acids is 1. The third-order valence-electron chi connectivity index (χ3n) is 5.33. The van der Waals surface area contributed by atoms with Crippen molar-refractivity contribution in [1.29, 1.82) is 0 Å². The maximum atomic E-state index is 15.8. The normalized spacial score (nSPS) is 28.0. The molecule has 1 aliphatic rings. The number of aliphatic hydroxyl groups excluding tert-OH is 1. The number of alkyl halides is 1. The first-order chi connectivity index (χ1) is 17.2. The predicted molar refractivity (Wildman–Crippen MR) is 126 cm³/mol. The van der Waals surface area contributed by atoms with E-state index in [1.54, 1.807) is 32.0 Å². The zero-order valence-corrected chi connectivity index (χ0v) is 21.4. The molecule has 1 fully saturated rings. The minimum atomic E-state index is -4.55. The van der Waals surface area contributed by atoms with Crippen molar-refractivity contribution in [2.24, 2.45) is 0 Å². The van der Waals surface area contributed by atoms with E-state index >= 15 is 4.39 Å². The molecule has 0 spiro atoms. The Balaban J connectivity index is 1.86. The zero-order valence-electron chi connectivity index (χ0n) is 20.5. The number of aliphatic hydroxyl groups is 2. The van der Waals surface area contributed by atoms with Crippen LogP contribution in [-0.4, -0.2) is 62.0 Å². The lowest BCUT2D eigenvalue weighted by molar-refractivity contribution is -0.204. The summed E-state index contributed by atoms with van der Waals surface area (Å²) in [4.78, 5) is 37.7. The van der Waals surface area contributed by atoms with Gasteiger partial charge < -0.3 is 24.2 Å². The highest BCUT2D eigenvalue weighted by Crippen LogP contribution is 2.50. The first-order valence-corrected chi connectivity index (χ1v) is 12.8. The molecule has 0 radical (unpaired) electrons. The number of hydrogen-bond donors (Lipinski definition) is 4. The number of nitrogens with one attached hydrogen (secondary N) is 2. The highest BCUT2D eigenvalue weighted by Gasteiger charge is 2.63. The van der Waals surface area contributed by atoms with Crippen LogP contribution in [0.25, 0.3) is 0 Å². The van der Waals surface area contributed by atoms with Gasteiger partial charge in [-0.3, -0.25) is 23.7 Å². The van der Waals surface area contributed by atoms with Gasteiger partial charge in [-0.25, -0.2) is 13.8 Å². The lowest BCUT2D eigenvalue weighted by Gasteiger charge is -2.29. The average molecular weight is 545 g/mol. The molecule has 15 heteroatoms. The van der Waals surface area contributed by atoms with Gasteiger partial charge in [0.25, 0.3) is 11.4 Å². The van der Waals surface area contributed by atoms with E-state index in [1.807, 2.05) is 4.98 Å². The van der Waals surface area contributed by atoms with E-state index < -0.39 is 67.5 Å². The van der Waals surface area contributed by atoms with Gasteiger partial charge in [-0.15, -0.1) is 0 Å². The maximum absolute atomic E-state index is 15.8. The first-order valence-electron chi connectivity index (χ1n) is 11.2. The molecule has 0 aliphatic carbocycles. The largest absolute Gasteiger partial charge is 0.462 e. The van der Waals surface area contributed by atoms with E-state index in [2.05, 4.69) is 5.09 Å². The highest BCUT2D eigenvalue weighted by atomic mass is 31.2. The van der Waals surface area contributed by atoms with Crippen molar-refractivity contribution in [2.45, 2.75) is 63.6 Å². The summed E-state index contributed by atoms with van der Waals surface area (Å²) in [7, 11) is -4.55. The van der Waals surface area contributed by atoms with Crippen LogP contribution in [-0.2, 0) is 23.4 Å². The number of hydrogen-bond acceptors (Lipinski definition) is 10. The van der Waals surface area contributed by atoms with Crippen molar-refractivity contribution in [3.8, 4) is 5.75 Å². The van der Waals surface area contributed by atoms with Gasteiger partial charge in [-0.2, -0.15) is 5.09 Å². The minimum Gasteiger partial charge on any atom is -0.462 e. The maximum Gasteiger partial charge on any atom is 0.459 e. The topological polar surface area (TPSA) is 178 Å². The van der Waals surface area contributed by atoms with Gasteiger partial charge in [0.2, 0.25) is 0 Å². The number of ether oxygens (including phenoxy) is 2. The molecule has 6 atom stereocenters. The number of halogens is 1. The Morgan fingerprint density at radius 1 is 1.27 bits per heavy atom. The van der Waals surface area contributed by atoms with Crippen molar-refractivity contribution in [2.75, 3.05) is 6.61 Å². The molecule has 0 bridgehead atoms. The summed E-state index contributed by atoms with van der Waals surface area (Å²) in [5.74, 6) is -3.95. The number of aromatic nitrogens is 2. The molecule has 1 aromatic carbocycles. The Morgan fingerprint density at radius 3 is 2.51 bits per heavy atom. The van der Waals surface area contributed by atoms with Crippen LogP contribution < -0.4 is 20.9 Å². The van der Waals surface area contributed by atoms with Gasteiger partial charge in [-0.1, -0.05) is 18.2 Å². The molecule has 0 saturated carbocycles. The average Bonchev–Trinajstić information content (AvgIpc) is 2.98. The Bertz CT molecular complexity index is 1270. The van der Waals surface area contributed by atoms with Crippen LogP contribution in [0.3, 0.4) is 0 Å². The van der Waals surface area contributed by atoms with Crippen molar-refractivity contribution < 1.29 is 42.5 Å². The third-order valence-corrected chi connectivity index (χ3v) is 6.95. The number of aromatic amines is 1. The summed E-state index contributed by atoms with van der Waals surface area (Å²) in [5.41, 5.74) is -4.18. The van der Waals surface area contributed by atoms with Crippen LogP contribution in [0.15, 0.2) is 52.2 Å². The fourth-order valence-electron chi connectivity index (χ4n) is 3.51. The number of esters is 1. The third kappa shape index (κ3) is 6.53. The highest BCUT2D eigenvalue weighted by molar-refractivity contribution is 7.52. The number of rotatable bonds is 10. The van der Waals surface area contributed by atoms with E-state index in [0.717, 1.165) is 19.2 Å². The minimum absolute atomic E-state index is 0.0493. The summed E-state index contributed by atoms with van der Waals surface area (Å²) >= 11 is 0. The second-order valence-corrected chi connectivity index (χ2v) is 10.6. The molecule has 1 saturated heterocycles. The summed E-state index contributed by atoms with van der Waals surface area (Å²) in [5, 5.41) is 23.7. The van der Waals surface area contributed by atoms with Gasteiger partial charge in [0.1, 0.15) is 30.1 Å². The van der Waals surface area contributed by atoms with E-state index in [4.69, 9.17) is 18.5 Å². The van der Waals surface area contributed by atoms with Crippen LogP contribution in [0.1, 0.15) is 33.9 Å². The molecule has 2 aromatic rings. The quantitative estimate of drug-likeness (QED) is 0.247. The molecule has 4 N–H and O–H groups in total. The lowest BCUT2D eigenvalue weighted by Crippen LogP contribution is -2.50. The number of para-hydroxylation sites is 1. The Kier molecular flexibility index (Phi) is 8.42. The van der Waals surface area contributed by atoms with Gasteiger partial charge >= 0.3 is 19.4 Å². The molecule has 204 valence electrons. The molecule has 1 aliphatic heterocycles. The lowest BCUT2D eigenvalue weighted by atomic mass is 9.95. The molecular weight excluding hydrogens is 516 g/mol. The van der Waals surface area contributed by atoms with Crippen LogP contribution in [0.4, 0.5) is 4.39 Å². The summed E-state index contributed by atoms with van der Waals surface area (Å²) < 4.78 is 51.0. The second kappa shape index (κ2) is 10.9. The molecule has 2 heterocycles. The predicted octanol–water partition coefficient (Wildman–Crippen LogP) is 0.977. The smallest absolute Gasteiger partial charge is 0.459 e. The fourth-order valence-corrected chi connectivity index (χ4v) is 5.02. The molecule has 1 aromatic heterocycles. The molecule has 3 rings (SSSR count). The number of nitrogens with zero attached hydrogens (tertiary/aromatic N) is 1. The summed E-state index contributed by atoms with van der Waals surface area (Å²) in [6.45, 7) is 4.29. The number of H-pyrrole nitrogens is 1. The van der Waals surface area contributed by atoms with Crippen LogP contribution in [0.5, 0.6) is 5.75 Å². The standard InChI is InChI=1S/C22H29FN3O10P/c1-13(2)34-17(28)14(3)25-37(32,36-15-8-6-5-7-9-15)33-12-22(23)18(29)21(4,31)19(35-22)26-11-10-16(27)24-20(26)30/h5-11,13-14,18-19,29,31H,12H2,1-4H3,(H,25,32)(H,24,27,30)/t14-,18-,19+,21+,22+,37?/m0/s1. The summed E-state index contributed by atoms with van der Waals surface area (Å²) in [6, 6.07) is 7.38. The molecular formula is C22H29FN3O10P. The monoisotopic (exact) mass is 545 g/mol. The Hall–Kier alpha value is -2.87. The number of carbonyl (C=O) groups is 1. The molecule has 13 nitrogen and oxygen atoms in total. The van der Waals surface area contributed by atoms with E-state index in [1.165, 1.54) is 19.1 Å². The van der Waals surface area contributed by atoms with E-state index in [-0.39, 0.29) is 5.75 Å². The van der Waals surface area contributed by atoms with Gasteiger partial charge in [0.15, 0.2) is 6.23 Å². The van der Waals surface area contributed by atoms with Crippen molar-refractivity contribution >= 4 is 13.7 Å². The fraction of sp³-hybridized carbons (Fsp3) is 0.500. The van der Waals surface area contributed by atoms with Crippen molar-refractivity contribution in [1.82, 2.24) is 14.6 Å². The first kappa shape index (κ1) is 28.7. The summed E-state index contributed by atoms with van der Waals surface area (Å²) in [6.07, 6.45) is -3.63. The molecule has 37 heavy (non-hydrogen) atoms.